The standard InChI is InChI=1S/C17H23N5OS/c1-12-19-13(11-24-12)7-17(23)22-6-4-5-16(22)15-9-18-8-14(20-15)10-21(2)3/h8-9,11,16H,4-7,10H2,1-3H3/t16-/m1/s1. The zero-order valence-corrected chi connectivity index (χ0v) is 15.2. The van der Waals surface area contributed by atoms with E-state index in [0.29, 0.717) is 6.42 Å². The first-order valence-electron chi connectivity index (χ1n) is 8.19. The van der Waals surface area contributed by atoms with Crippen LogP contribution >= 0.6 is 11.3 Å². The van der Waals surface area contributed by atoms with E-state index in [4.69, 9.17) is 4.98 Å². The lowest BCUT2D eigenvalue weighted by atomic mass is 10.1. The highest BCUT2D eigenvalue weighted by Gasteiger charge is 2.31. The molecule has 1 fully saturated rings. The number of aryl methyl sites for hydroxylation is 1. The molecule has 0 spiro atoms. The van der Waals surface area contributed by atoms with Crippen LogP contribution in [-0.4, -0.2) is 51.3 Å². The second kappa shape index (κ2) is 7.36. The summed E-state index contributed by atoms with van der Waals surface area (Å²) in [5.41, 5.74) is 2.70. The Bertz CT molecular complexity index is 715. The molecule has 24 heavy (non-hydrogen) atoms. The number of nitrogens with zero attached hydrogens (tertiary/aromatic N) is 5. The minimum atomic E-state index is 0.0341. The lowest BCUT2D eigenvalue weighted by molar-refractivity contribution is -0.131. The van der Waals surface area contributed by atoms with Crippen LogP contribution in [0.1, 0.15) is 41.0 Å². The second-order valence-corrected chi connectivity index (χ2v) is 7.52. The molecule has 2 aromatic heterocycles. The van der Waals surface area contributed by atoms with Gasteiger partial charge in [0.05, 0.1) is 40.7 Å². The normalized spacial score (nSPS) is 17.7. The van der Waals surface area contributed by atoms with Crippen LogP contribution in [0.3, 0.4) is 0 Å². The summed E-state index contributed by atoms with van der Waals surface area (Å²) in [7, 11) is 4.02. The van der Waals surface area contributed by atoms with Crippen molar-refractivity contribution >= 4 is 17.2 Å². The molecule has 0 aromatic carbocycles. The first kappa shape index (κ1) is 17.0. The van der Waals surface area contributed by atoms with Crippen LogP contribution in [0.15, 0.2) is 17.8 Å². The van der Waals surface area contributed by atoms with Gasteiger partial charge in [-0.05, 0) is 33.9 Å². The number of rotatable bonds is 5. The molecule has 0 unspecified atom stereocenters. The van der Waals surface area contributed by atoms with Crippen molar-refractivity contribution in [3.8, 4) is 0 Å². The van der Waals surface area contributed by atoms with E-state index in [2.05, 4.69) is 14.9 Å². The molecule has 128 valence electrons. The predicted octanol–water partition coefficient (Wildman–Crippen LogP) is 2.21. The molecule has 0 aliphatic carbocycles. The van der Waals surface area contributed by atoms with E-state index in [1.165, 1.54) is 0 Å². The van der Waals surface area contributed by atoms with E-state index in [9.17, 15) is 4.79 Å². The topological polar surface area (TPSA) is 62.2 Å². The van der Waals surface area contributed by atoms with Gasteiger partial charge in [0.1, 0.15) is 0 Å². The molecule has 0 N–H and O–H groups in total. The van der Waals surface area contributed by atoms with Gasteiger partial charge >= 0.3 is 0 Å². The van der Waals surface area contributed by atoms with Crippen molar-refractivity contribution in [2.75, 3.05) is 20.6 Å². The van der Waals surface area contributed by atoms with Crippen LogP contribution in [0.25, 0.3) is 0 Å². The highest BCUT2D eigenvalue weighted by atomic mass is 32.1. The summed E-state index contributed by atoms with van der Waals surface area (Å²) in [6.45, 7) is 3.49. The van der Waals surface area contributed by atoms with E-state index in [1.807, 2.05) is 31.3 Å². The fourth-order valence-corrected chi connectivity index (χ4v) is 3.72. The monoisotopic (exact) mass is 345 g/mol. The fraction of sp³-hybridized carbons (Fsp3) is 0.529. The quantitative estimate of drug-likeness (QED) is 0.831. The average molecular weight is 345 g/mol. The van der Waals surface area contributed by atoms with Crippen molar-refractivity contribution in [3.63, 3.8) is 0 Å². The summed E-state index contributed by atoms with van der Waals surface area (Å²) in [5, 5.41) is 2.97. The van der Waals surface area contributed by atoms with Gasteiger partial charge in [0.15, 0.2) is 0 Å². The van der Waals surface area contributed by atoms with Crippen molar-refractivity contribution in [2.24, 2.45) is 0 Å². The molecule has 2 aromatic rings. The van der Waals surface area contributed by atoms with Crippen LogP contribution in [0, 0.1) is 6.92 Å². The van der Waals surface area contributed by atoms with Crippen LogP contribution in [-0.2, 0) is 17.8 Å². The molecule has 3 rings (SSSR count). The molecular formula is C17H23N5OS. The van der Waals surface area contributed by atoms with Gasteiger partial charge in [-0.3, -0.25) is 14.8 Å². The molecule has 1 aliphatic rings. The molecule has 3 heterocycles. The lowest BCUT2D eigenvalue weighted by Gasteiger charge is -2.24. The SMILES string of the molecule is Cc1nc(CC(=O)N2CCC[C@@H]2c2cncc(CN(C)C)n2)cs1. The Morgan fingerprint density at radius 1 is 1.33 bits per heavy atom. The Morgan fingerprint density at radius 2 is 2.17 bits per heavy atom. The molecule has 6 nitrogen and oxygen atoms in total. The minimum Gasteiger partial charge on any atom is -0.334 e. The van der Waals surface area contributed by atoms with Crippen LogP contribution < -0.4 is 0 Å². The van der Waals surface area contributed by atoms with E-state index >= 15 is 0 Å². The molecule has 1 saturated heterocycles. The van der Waals surface area contributed by atoms with E-state index in [0.717, 1.165) is 48.0 Å². The molecule has 0 saturated carbocycles. The molecule has 1 amide bonds. The maximum atomic E-state index is 12.7. The van der Waals surface area contributed by atoms with Crippen LogP contribution in [0.2, 0.25) is 0 Å². The molecule has 1 aliphatic heterocycles. The summed E-state index contributed by atoms with van der Waals surface area (Å²) in [6.07, 6.45) is 5.91. The Kier molecular flexibility index (Phi) is 5.20. The molecule has 7 heteroatoms. The Morgan fingerprint density at radius 3 is 2.88 bits per heavy atom. The highest BCUT2D eigenvalue weighted by molar-refractivity contribution is 7.09. The third-order valence-corrected chi connectivity index (χ3v) is 4.92. The number of likely N-dealkylation sites (tertiary alicyclic amines) is 1. The molecule has 1 atom stereocenters. The number of amides is 1. The maximum Gasteiger partial charge on any atom is 0.229 e. The summed E-state index contributed by atoms with van der Waals surface area (Å²) < 4.78 is 0. The predicted molar refractivity (Wildman–Crippen MR) is 93.7 cm³/mol. The largest absolute Gasteiger partial charge is 0.334 e. The summed E-state index contributed by atoms with van der Waals surface area (Å²) in [6, 6.07) is 0.0341. The van der Waals surface area contributed by atoms with E-state index in [-0.39, 0.29) is 11.9 Å². The van der Waals surface area contributed by atoms with Gasteiger partial charge in [-0.25, -0.2) is 4.98 Å². The smallest absolute Gasteiger partial charge is 0.229 e. The third kappa shape index (κ3) is 3.96. The lowest BCUT2D eigenvalue weighted by Crippen LogP contribution is -2.32. The van der Waals surface area contributed by atoms with Gasteiger partial charge in [-0.2, -0.15) is 0 Å². The Balaban J connectivity index is 1.74. The number of aromatic nitrogens is 3. The highest BCUT2D eigenvalue weighted by Crippen LogP contribution is 2.31. The van der Waals surface area contributed by atoms with Crippen molar-refractivity contribution in [2.45, 2.75) is 38.8 Å². The first-order valence-corrected chi connectivity index (χ1v) is 9.07. The van der Waals surface area contributed by atoms with Gasteiger partial charge in [-0.1, -0.05) is 0 Å². The average Bonchev–Trinajstić information content (AvgIpc) is 3.16. The Labute approximate surface area is 146 Å². The van der Waals surface area contributed by atoms with E-state index in [1.54, 1.807) is 23.7 Å². The minimum absolute atomic E-state index is 0.0341. The number of hydrogen-bond acceptors (Lipinski definition) is 6. The second-order valence-electron chi connectivity index (χ2n) is 6.45. The zero-order valence-electron chi connectivity index (χ0n) is 14.4. The summed E-state index contributed by atoms with van der Waals surface area (Å²) in [4.78, 5) is 30.2. The van der Waals surface area contributed by atoms with Gasteiger partial charge < -0.3 is 9.80 Å². The van der Waals surface area contributed by atoms with Gasteiger partial charge in [-0.15, -0.1) is 11.3 Å². The van der Waals surface area contributed by atoms with Gasteiger partial charge in [0.25, 0.3) is 0 Å². The number of hydrogen-bond donors (Lipinski definition) is 0. The number of carbonyl (C=O) groups is 1. The van der Waals surface area contributed by atoms with Crippen molar-refractivity contribution in [1.29, 1.82) is 0 Å². The molecule has 0 radical (unpaired) electrons. The summed E-state index contributed by atoms with van der Waals surface area (Å²) in [5.74, 6) is 0.127. The van der Waals surface area contributed by atoms with Crippen molar-refractivity contribution < 1.29 is 4.79 Å². The zero-order chi connectivity index (χ0) is 17.1. The number of carbonyl (C=O) groups excluding carboxylic acids is 1. The molecular weight excluding hydrogens is 322 g/mol. The number of thiazole rings is 1. The maximum absolute atomic E-state index is 12.7. The van der Waals surface area contributed by atoms with Crippen molar-refractivity contribution in [3.05, 3.63) is 39.9 Å². The first-order chi connectivity index (χ1) is 11.5. The van der Waals surface area contributed by atoms with Gasteiger partial charge in [0, 0.05) is 24.7 Å². The van der Waals surface area contributed by atoms with Gasteiger partial charge in [0.2, 0.25) is 5.91 Å². The fourth-order valence-electron chi connectivity index (χ4n) is 3.10. The molecule has 0 bridgehead atoms. The van der Waals surface area contributed by atoms with Crippen LogP contribution in [0.5, 0.6) is 0 Å². The third-order valence-electron chi connectivity index (χ3n) is 4.09. The van der Waals surface area contributed by atoms with E-state index < -0.39 is 0 Å². The van der Waals surface area contributed by atoms with Crippen molar-refractivity contribution in [1.82, 2.24) is 24.8 Å². The summed E-state index contributed by atoms with van der Waals surface area (Å²) >= 11 is 1.58. The Hall–Kier alpha value is -1.86. The van der Waals surface area contributed by atoms with Crippen LogP contribution in [0.4, 0.5) is 0 Å².